The van der Waals surface area contributed by atoms with Crippen LogP contribution in [0.25, 0.3) is 0 Å². The van der Waals surface area contributed by atoms with Crippen molar-refractivity contribution in [3.05, 3.63) is 18.2 Å². The number of hydrogen-bond acceptors (Lipinski definition) is 3. The fourth-order valence-electron chi connectivity index (χ4n) is 2.12. The molecule has 92 valence electrons. The summed E-state index contributed by atoms with van der Waals surface area (Å²) in [6.07, 6.45) is 8.15. The number of imidazole rings is 1. The van der Waals surface area contributed by atoms with E-state index in [4.69, 9.17) is 0 Å². The molecule has 2 aliphatic carbocycles. The first-order chi connectivity index (χ1) is 8.25. The number of aliphatic carboxylic acids is 1. The van der Waals surface area contributed by atoms with E-state index in [9.17, 15) is 9.90 Å². The van der Waals surface area contributed by atoms with E-state index < -0.39 is 12.0 Å². The highest BCUT2D eigenvalue weighted by molar-refractivity contribution is 5.74. The number of rotatable bonds is 6. The van der Waals surface area contributed by atoms with E-state index in [-0.39, 0.29) is 0 Å². The van der Waals surface area contributed by atoms with Crippen LogP contribution in [-0.2, 0) is 4.79 Å². The molecule has 0 amide bonds. The third-order valence-corrected chi connectivity index (χ3v) is 3.49. The van der Waals surface area contributed by atoms with Crippen LogP contribution in [-0.4, -0.2) is 27.2 Å². The van der Waals surface area contributed by atoms with Gasteiger partial charge in [0.1, 0.15) is 6.04 Å². The number of aromatic nitrogens is 2. The van der Waals surface area contributed by atoms with Gasteiger partial charge >= 0.3 is 5.97 Å². The molecule has 2 N–H and O–H groups in total. The predicted molar refractivity (Wildman–Crippen MR) is 61.6 cm³/mol. The lowest BCUT2D eigenvalue weighted by Gasteiger charge is -2.16. The van der Waals surface area contributed by atoms with Crippen LogP contribution in [0.5, 0.6) is 0 Å². The summed E-state index contributed by atoms with van der Waals surface area (Å²) in [6, 6.07) is -0.143. The van der Waals surface area contributed by atoms with Gasteiger partial charge in [0.05, 0.1) is 18.2 Å². The van der Waals surface area contributed by atoms with E-state index in [1.807, 2.05) is 4.57 Å². The second-order valence-electron chi connectivity index (χ2n) is 5.08. The van der Waals surface area contributed by atoms with Crippen molar-refractivity contribution in [3.63, 3.8) is 0 Å². The quantitative estimate of drug-likeness (QED) is 0.781. The zero-order valence-corrected chi connectivity index (χ0v) is 9.67. The van der Waals surface area contributed by atoms with Gasteiger partial charge in [-0.05, 0) is 38.1 Å². The molecule has 0 saturated heterocycles. The predicted octanol–water partition coefficient (Wildman–Crippen LogP) is 1.34. The zero-order valence-electron chi connectivity index (χ0n) is 9.67. The monoisotopic (exact) mass is 235 g/mol. The number of nitrogens with one attached hydrogen (secondary N) is 1. The Hall–Kier alpha value is -1.36. The first-order valence-corrected chi connectivity index (χ1v) is 6.23. The average molecular weight is 235 g/mol. The van der Waals surface area contributed by atoms with Gasteiger partial charge in [-0.15, -0.1) is 0 Å². The molecule has 0 radical (unpaired) electrons. The van der Waals surface area contributed by atoms with Crippen molar-refractivity contribution < 1.29 is 9.90 Å². The van der Waals surface area contributed by atoms with E-state index in [0.29, 0.717) is 12.0 Å². The summed E-state index contributed by atoms with van der Waals surface area (Å²) < 4.78 is 2.01. The maximum Gasteiger partial charge on any atom is 0.326 e. The number of carbonyl (C=O) groups is 1. The van der Waals surface area contributed by atoms with E-state index in [1.165, 1.54) is 12.8 Å². The van der Waals surface area contributed by atoms with Crippen molar-refractivity contribution in [3.8, 4) is 0 Å². The highest BCUT2D eigenvalue weighted by Gasteiger charge is 2.32. The van der Waals surface area contributed by atoms with Crippen molar-refractivity contribution in [2.75, 3.05) is 6.54 Å². The van der Waals surface area contributed by atoms with Gasteiger partial charge in [0.2, 0.25) is 0 Å². The minimum Gasteiger partial charge on any atom is -0.480 e. The second-order valence-corrected chi connectivity index (χ2v) is 5.08. The minimum absolute atomic E-state index is 0.470. The van der Waals surface area contributed by atoms with Gasteiger partial charge in [-0.3, -0.25) is 10.1 Å². The highest BCUT2D eigenvalue weighted by Crippen LogP contribution is 2.37. The Labute approximate surface area is 99.8 Å². The molecule has 0 aliphatic heterocycles. The number of nitrogens with zero attached hydrogens (tertiary/aromatic N) is 2. The van der Waals surface area contributed by atoms with Gasteiger partial charge in [0, 0.05) is 6.04 Å². The third-order valence-electron chi connectivity index (χ3n) is 3.49. The summed E-state index contributed by atoms with van der Waals surface area (Å²) in [5.74, 6) is -0.137. The molecule has 5 heteroatoms. The number of carboxylic acid groups (broad SMARTS) is 1. The first kappa shape index (κ1) is 10.8. The van der Waals surface area contributed by atoms with Crippen LogP contribution >= 0.6 is 0 Å². The van der Waals surface area contributed by atoms with Crippen molar-refractivity contribution in [2.24, 2.45) is 5.92 Å². The summed E-state index contributed by atoms with van der Waals surface area (Å²) in [7, 11) is 0. The van der Waals surface area contributed by atoms with Crippen LogP contribution in [0.15, 0.2) is 12.5 Å². The summed E-state index contributed by atoms with van der Waals surface area (Å²) in [6.45, 7) is 0.798. The number of hydrogen-bond donors (Lipinski definition) is 2. The minimum atomic E-state index is -0.812. The molecule has 1 atom stereocenters. The molecule has 3 rings (SSSR count). The van der Waals surface area contributed by atoms with Gasteiger partial charge in [-0.2, -0.15) is 0 Å². The smallest absolute Gasteiger partial charge is 0.326 e. The Balaban J connectivity index is 1.75. The van der Waals surface area contributed by atoms with E-state index >= 15 is 0 Å². The Morgan fingerprint density at radius 1 is 1.53 bits per heavy atom. The molecular weight excluding hydrogens is 218 g/mol. The van der Waals surface area contributed by atoms with Crippen molar-refractivity contribution in [2.45, 2.75) is 37.8 Å². The Morgan fingerprint density at radius 3 is 2.88 bits per heavy atom. The molecule has 1 aromatic rings. The summed E-state index contributed by atoms with van der Waals surface area (Å²) >= 11 is 0. The standard InChI is InChI=1S/C12H17N3O2/c16-12(17)11(14-5-8-1-2-8)10-6-13-7-15(10)9-3-4-9/h6-9,11,14H,1-5H2,(H,16,17). The van der Waals surface area contributed by atoms with E-state index in [0.717, 1.165) is 25.1 Å². The zero-order chi connectivity index (χ0) is 11.8. The topological polar surface area (TPSA) is 67.2 Å². The molecule has 0 bridgehead atoms. The van der Waals surface area contributed by atoms with Gasteiger partial charge in [0.25, 0.3) is 0 Å². The molecule has 2 aliphatic rings. The maximum atomic E-state index is 11.3. The molecule has 17 heavy (non-hydrogen) atoms. The van der Waals surface area contributed by atoms with Crippen LogP contribution in [0.2, 0.25) is 0 Å². The van der Waals surface area contributed by atoms with Gasteiger partial charge in [-0.25, -0.2) is 4.98 Å². The Kier molecular flexibility index (Phi) is 2.63. The SMILES string of the molecule is O=C(O)C(NCC1CC1)c1cncn1C1CC1. The van der Waals surface area contributed by atoms with Gasteiger partial charge < -0.3 is 9.67 Å². The van der Waals surface area contributed by atoms with E-state index in [2.05, 4.69) is 10.3 Å². The van der Waals surface area contributed by atoms with Crippen molar-refractivity contribution in [1.82, 2.24) is 14.9 Å². The van der Waals surface area contributed by atoms with Crippen LogP contribution in [0.3, 0.4) is 0 Å². The average Bonchev–Trinajstić information content (AvgIpc) is 3.20. The summed E-state index contributed by atoms with van der Waals surface area (Å²) in [5.41, 5.74) is 0.792. The van der Waals surface area contributed by atoms with E-state index in [1.54, 1.807) is 12.5 Å². The fourth-order valence-corrected chi connectivity index (χ4v) is 2.12. The van der Waals surface area contributed by atoms with Gasteiger partial charge in [0.15, 0.2) is 0 Å². The number of carboxylic acids is 1. The van der Waals surface area contributed by atoms with Crippen molar-refractivity contribution >= 4 is 5.97 Å². The highest BCUT2D eigenvalue weighted by atomic mass is 16.4. The molecule has 0 spiro atoms. The van der Waals surface area contributed by atoms with Crippen LogP contribution in [0, 0.1) is 5.92 Å². The molecule has 2 saturated carbocycles. The molecule has 1 unspecified atom stereocenters. The Morgan fingerprint density at radius 2 is 2.29 bits per heavy atom. The summed E-state index contributed by atoms with van der Waals surface area (Å²) in [4.78, 5) is 15.4. The Bertz CT molecular complexity index is 421. The molecule has 1 aromatic heterocycles. The van der Waals surface area contributed by atoms with Crippen molar-refractivity contribution in [1.29, 1.82) is 0 Å². The first-order valence-electron chi connectivity index (χ1n) is 6.23. The lowest BCUT2D eigenvalue weighted by atomic mass is 10.2. The van der Waals surface area contributed by atoms with Crippen LogP contribution < -0.4 is 5.32 Å². The molecule has 0 aromatic carbocycles. The molecule has 2 fully saturated rings. The molecular formula is C12H17N3O2. The maximum absolute atomic E-state index is 11.3. The molecule has 1 heterocycles. The molecule has 5 nitrogen and oxygen atoms in total. The lowest BCUT2D eigenvalue weighted by Crippen LogP contribution is -2.31. The van der Waals surface area contributed by atoms with Gasteiger partial charge in [-0.1, -0.05) is 0 Å². The third kappa shape index (κ3) is 2.34. The largest absolute Gasteiger partial charge is 0.480 e. The van der Waals surface area contributed by atoms with Crippen LogP contribution in [0.1, 0.15) is 43.5 Å². The summed E-state index contributed by atoms with van der Waals surface area (Å²) in [5, 5.41) is 12.4. The normalized spacial score (nSPS) is 21.4. The lowest BCUT2D eigenvalue weighted by molar-refractivity contribution is -0.139. The second kappa shape index (κ2) is 4.14. The van der Waals surface area contributed by atoms with Crippen LogP contribution in [0.4, 0.5) is 0 Å². The fraction of sp³-hybridized carbons (Fsp3) is 0.667.